The maximum atomic E-state index is 6.22. The molecule has 1 N–H and O–H groups in total. The van der Waals surface area contributed by atoms with Gasteiger partial charge < -0.3 is 10.1 Å². The molecule has 2 nitrogen and oxygen atoms in total. The molecule has 0 saturated heterocycles. The van der Waals surface area contributed by atoms with Gasteiger partial charge >= 0.3 is 0 Å². The Kier molecular flexibility index (Phi) is 5.45. The highest BCUT2D eigenvalue weighted by Crippen LogP contribution is 2.37. The van der Waals surface area contributed by atoms with Gasteiger partial charge in [-0.3, -0.25) is 0 Å². The molecule has 0 amide bonds. The zero-order valence-corrected chi connectivity index (χ0v) is 12.8. The van der Waals surface area contributed by atoms with Crippen LogP contribution in [-0.4, -0.2) is 19.8 Å². The lowest BCUT2D eigenvalue weighted by Gasteiger charge is -2.36. The van der Waals surface area contributed by atoms with Crippen molar-refractivity contribution in [3.8, 4) is 0 Å². The molecule has 0 saturated carbocycles. The van der Waals surface area contributed by atoms with Gasteiger partial charge in [-0.05, 0) is 30.8 Å². The van der Waals surface area contributed by atoms with Crippen LogP contribution in [0.2, 0.25) is 5.02 Å². The van der Waals surface area contributed by atoms with E-state index in [-0.39, 0.29) is 17.6 Å². The highest BCUT2D eigenvalue weighted by atomic mass is 35.5. The van der Waals surface area contributed by atoms with Gasteiger partial charge in [-0.2, -0.15) is 0 Å². The third-order valence-corrected chi connectivity index (χ3v) is 4.18. The number of hydrogen-bond acceptors (Lipinski definition) is 3. The number of thiophene rings is 1. The van der Waals surface area contributed by atoms with Crippen LogP contribution < -0.4 is 5.32 Å². The molecule has 0 aliphatic carbocycles. The second-order valence-electron chi connectivity index (χ2n) is 5.14. The molecule has 0 radical (unpaired) electrons. The Morgan fingerprint density at radius 3 is 2.47 bits per heavy atom. The Labute approximate surface area is 113 Å². The lowest BCUT2D eigenvalue weighted by molar-refractivity contribution is -0.0343. The maximum absolute atomic E-state index is 6.22. The van der Waals surface area contributed by atoms with Crippen LogP contribution in [0, 0.1) is 5.41 Å². The summed E-state index contributed by atoms with van der Waals surface area (Å²) in [5.74, 6) is 0. The first-order valence-corrected chi connectivity index (χ1v) is 7.19. The van der Waals surface area contributed by atoms with E-state index >= 15 is 0 Å². The van der Waals surface area contributed by atoms with E-state index in [1.807, 2.05) is 25.4 Å². The first-order valence-electron chi connectivity index (χ1n) is 5.93. The van der Waals surface area contributed by atoms with Crippen LogP contribution in [0.15, 0.2) is 11.4 Å². The molecular formula is C13H22ClNOS. The summed E-state index contributed by atoms with van der Waals surface area (Å²) in [5.41, 5.74) is 0.0665. The Balaban J connectivity index is 3.02. The summed E-state index contributed by atoms with van der Waals surface area (Å²) >= 11 is 7.90. The SMILES string of the molecule is CCOC(C(NC)c1sccc1Cl)C(C)(C)C. The van der Waals surface area contributed by atoms with E-state index in [0.29, 0.717) is 6.61 Å². The molecular weight excluding hydrogens is 254 g/mol. The van der Waals surface area contributed by atoms with E-state index in [1.54, 1.807) is 11.3 Å². The van der Waals surface area contributed by atoms with Crippen molar-refractivity contribution in [1.82, 2.24) is 5.32 Å². The van der Waals surface area contributed by atoms with Gasteiger partial charge in [0.1, 0.15) is 0 Å². The van der Waals surface area contributed by atoms with Crippen molar-refractivity contribution in [3.63, 3.8) is 0 Å². The Bertz CT molecular complexity index is 345. The number of nitrogens with one attached hydrogen (secondary N) is 1. The standard InChI is InChI=1S/C13H22ClNOS/c1-6-16-12(13(2,3)4)10(15-5)11-9(14)7-8-17-11/h7-8,10,12,15H,6H2,1-5H3. The average Bonchev–Trinajstić information content (AvgIpc) is 2.63. The molecule has 0 fully saturated rings. The molecule has 17 heavy (non-hydrogen) atoms. The van der Waals surface area contributed by atoms with Crippen molar-refractivity contribution in [2.45, 2.75) is 39.8 Å². The van der Waals surface area contributed by atoms with Crippen LogP contribution in [-0.2, 0) is 4.74 Å². The Morgan fingerprint density at radius 1 is 1.47 bits per heavy atom. The first-order chi connectivity index (χ1) is 7.91. The van der Waals surface area contributed by atoms with E-state index in [0.717, 1.165) is 9.90 Å². The van der Waals surface area contributed by atoms with Crippen molar-refractivity contribution < 1.29 is 4.74 Å². The normalized spacial score (nSPS) is 15.9. The van der Waals surface area contributed by atoms with Crippen LogP contribution in [0.3, 0.4) is 0 Å². The largest absolute Gasteiger partial charge is 0.376 e. The van der Waals surface area contributed by atoms with Crippen LogP contribution in [0.25, 0.3) is 0 Å². The van der Waals surface area contributed by atoms with Crippen molar-refractivity contribution in [1.29, 1.82) is 0 Å². The van der Waals surface area contributed by atoms with E-state index in [1.165, 1.54) is 0 Å². The molecule has 1 aromatic heterocycles. The molecule has 0 aromatic carbocycles. The summed E-state index contributed by atoms with van der Waals surface area (Å²) in [5, 5.41) is 6.18. The molecule has 0 bridgehead atoms. The Hall–Kier alpha value is -0.0900. The fraction of sp³-hybridized carbons (Fsp3) is 0.692. The predicted molar refractivity (Wildman–Crippen MR) is 76.0 cm³/mol. The summed E-state index contributed by atoms with van der Waals surface area (Å²) in [4.78, 5) is 1.16. The monoisotopic (exact) mass is 275 g/mol. The third kappa shape index (κ3) is 3.68. The molecule has 1 aromatic rings. The van der Waals surface area contributed by atoms with Gasteiger partial charge in [-0.25, -0.2) is 0 Å². The van der Waals surface area contributed by atoms with E-state index in [4.69, 9.17) is 16.3 Å². The topological polar surface area (TPSA) is 21.3 Å². The van der Waals surface area contributed by atoms with Crippen LogP contribution in [0.1, 0.15) is 38.6 Å². The van der Waals surface area contributed by atoms with Gasteiger partial charge in [0.25, 0.3) is 0 Å². The predicted octanol–water partition coefficient (Wildman–Crippen LogP) is 4.11. The fourth-order valence-corrected chi connectivity index (χ4v) is 3.28. The average molecular weight is 276 g/mol. The lowest BCUT2D eigenvalue weighted by atomic mass is 9.84. The minimum Gasteiger partial charge on any atom is -0.376 e. The second kappa shape index (κ2) is 6.19. The minimum atomic E-state index is 0.0665. The van der Waals surface area contributed by atoms with E-state index in [2.05, 4.69) is 26.1 Å². The van der Waals surface area contributed by atoms with Crippen molar-refractivity contribution >= 4 is 22.9 Å². The summed E-state index contributed by atoms with van der Waals surface area (Å²) in [6, 6.07) is 2.08. The van der Waals surface area contributed by atoms with E-state index < -0.39 is 0 Å². The van der Waals surface area contributed by atoms with E-state index in [9.17, 15) is 0 Å². The number of halogens is 1. The molecule has 1 rings (SSSR count). The fourth-order valence-electron chi connectivity index (χ4n) is 1.97. The molecule has 0 aliphatic rings. The third-order valence-electron chi connectivity index (χ3n) is 2.74. The highest BCUT2D eigenvalue weighted by Gasteiger charge is 2.34. The van der Waals surface area contributed by atoms with Gasteiger partial charge in [0.2, 0.25) is 0 Å². The summed E-state index contributed by atoms with van der Waals surface area (Å²) < 4.78 is 5.92. The van der Waals surface area contributed by atoms with Crippen LogP contribution >= 0.6 is 22.9 Å². The van der Waals surface area contributed by atoms with Gasteiger partial charge in [-0.1, -0.05) is 32.4 Å². The van der Waals surface area contributed by atoms with Gasteiger partial charge in [0.15, 0.2) is 0 Å². The summed E-state index contributed by atoms with van der Waals surface area (Å²) in [6.45, 7) is 9.32. The summed E-state index contributed by atoms with van der Waals surface area (Å²) in [7, 11) is 1.96. The highest BCUT2D eigenvalue weighted by molar-refractivity contribution is 7.10. The molecule has 0 spiro atoms. The summed E-state index contributed by atoms with van der Waals surface area (Å²) in [6.07, 6.45) is 0.105. The smallest absolute Gasteiger partial charge is 0.0826 e. The van der Waals surface area contributed by atoms with Crippen molar-refractivity contribution in [2.24, 2.45) is 5.41 Å². The number of rotatable bonds is 5. The quantitative estimate of drug-likeness (QED) is 0.873. The molecule has 2 atom stereocenters. The zero-order valence-electron chi connectivity index (χ0n) is 11.2. The molecule has 0 aliphatic heterocycles. The minimum absolute atomic E-state index is 0.0665. The lowest BCUT2D eigenvalue weighted by Crippen LogP contribution is -2.40. The zero-order chi connectivity index (χ0) is 13.1. The number of ether oxygens (including phenoxy) is 1. The molecule has 4 heteroatoms. The first kappa shape index (κ1) is 15.0. The van der Waals surface area contributed by atoms with Crippen LogP contribution in [0.4, 0.5) is 0 Å². The van der Waals surface area contributed by atoms with Gasteiger partial charge in [-0.15, -0.1) is 11.3 Å². The number of hydrogen-bond donors (Lipinski definition) is 1. The van der Waals surface area contributed by atoms with Crippen molar-refractivity contribution in [2.75, 3.05) is 13.7 Å². The maximum Gasteiger partial charge on any atom is 0.0826 e. The van der Waals surface area contributed by atoms with Crippen molar-refractivity contribution in [3.05, 3.63) is 21.3 Å². The van der Waals surface area contributed by atoms with Crippen LogP contribution in [0.5, 0.6) is 0 Å². The second-order valence-corrected chi connectivity index (χ2v) is 6.50. The number of likely N-dealkylation sites (N-methyl/N-ethyl adjacent to an activating group) is 1. The molecule has 1 heterocycles. The van der Waals surface area contributed by atoms with Gasteiger partial charge in [0.05, 0.1) is 17.2 Å². The molecule has 98 valence electrons. The molecule has 2 unspecified atom stereocenters. The van der Waals surface area contributed by atoms with Gasteiger partial charge in [0, 0.05) is 11.5 Å². The Morgan fingerprint density at radius 2 is 2.12 bits per heavy atom.